The summed E-state index contributed by atoms with van der Waals surface area (Å²) in [7, 11) is 0. The fraction of sp³-hybridized carbons (Fsp3) is 0.762. The topological polar surface area (TPSA) is 180 Å². The van der Waals surface area contributed by atoms with Crippen LogP contribution in [0.25, 0.3) is 0 Å². The Hall–Kier alpha value is -1.99. The van der Waals surface area contributed by atoms with Crippen molar-refractivity contribution in [1.29, 1.82) is 0 Å². The molecule has 0 aromatic carbocycles. The minimum atomic E-state index is -1.25. The van der Waals surface area contributed by atoms with Crippen molar-refractivity contribution in [3.8, 4) is 0 Å². The molecule has 11 nitrogen and oxygen atoms in total. The first-order chi connectivity index (χ1) is 15.7. The smallest absolute Gasteiger partial charge is 0.327 e. The van der Waals surface area contributed by atoms with E-state index >= 15 is 0 Å². The van der Waals surface area contributed by atoms with Gasteiger partial charge in [0.2, 0.25) is 23.6 Å². The van der Waals surface area contributed by atoms with Gasteiger partial charge in [-0.2, -0.15) is 25.3 Å². The maximum absolute atomic E-state index is 13.0. The van der Waals surface area contributed by atoms with Crippen molar-refractivity contribution in [2.24, 2.45) is 23.5 Å². The number of hydrogen-bond acceptors (Lipinski definition) is 8. The quantitative estimate of drug-likeness (QED) is 0.137. The van der Waals surface area contributed by atoms with Crippen molar-refractivity contribution in [2.75, 3.05) is 11.5 Å². The molecule has 0 saturated heterocycles. The summed E-state index contributed by atoms with van der Waals surface area (Å²) in [6.45, 7) is 10.3. The Morgan fingerprint density at radius 2 is 0.971 bits per heavy atom. The monoisotopic (exact) mass is 521 g/mol. The first-order valence-corrected chi connectivity index (χ1v) is 12.4. The number of rotatable bonds is 14. The Kier molecular flexibility index (Phi) is 14.2. The normalized spacial score (nSPS) is 15.8. The number of amides is 4. The maximum atomic E-state index is 13.0. The summed E-state index contributed by atoms with van der Waals surface area (Å²) in [5, 5.41) is 19.3. The zero-order chi connectivity index (χ0) is 26.7. The van der Waals surface area contributed by atoms with Crippen molar-refractivity contribution in [3.63, 3.8) is 0 Å². The van der Waals surface area contributed by atoms with Gasteiger partial charge in [0.05, 0.1) is 6.04 Å². The van der Waals surface area contributed by atoms with Gasteiger partial charge in [-0.1, -0.05) is 41.5 Å². The number of nitrogens with two attached hydrogens (primary N) is 1. The second kappa shape index (κ2) is 15.1. The fourth-order valence-electron chi connectivity index (χ4n) is 2.88. The summed E-state index contributed by atoms with van der Waals surface area (Å²) >= 11 is 7.91. The highest BCUT2D eigenvalue weighted by atomic mass is 32.1. The molecule has 5 atom stereocenters. The SMILES string of the molecule is CC(C)[C@H](NC(=O)[C@@H](NC(=O)[C@@H](NC(=O)[C@@H](N)CS)C(C)C)C(C)C)C(=O)N[C@@H](CS)C(=O)O. The van der Waals surface area contributed by atoms with E-state index in [9.17, 15) is 24.0 Å². The van der Waals surface area contributed by atoms with Crippen LogP contribution in [-0.4, -0.2) is 76.4 Å². The van der Waals surface area contributed by atoms with Crippen molar-refractivity contribution in [3.05, 3.63) is 0 Å². The first-order valence-electron chi connectivity index (χ1n) is 11.1. The Morgan fingerprint density at radius 1 is 0.647 bits per heavy atom. The van der Waals surface area contributed by atoms with E-state index in [1.807, 2.05) is 0 Å². The standard InChI is InChI=1S/C21H39N5O6S2/c1-9(2)14(18(28)23-13(8-34)21(31)32)25-20(30)16(11(5)6)26-19(29)15(10(3)4)24-17(27)12(22)7-33/h9-16,33-34H,7-8,22H2,1-6H3,(H,23,28)(H,24,27)(H,25,30)(H,26,29)(H,31,32)/t12-,13-,14-,15-,16-/m0/s1. The molecule has 34 heavy (non-hydrogen) atoms. The minimum Gasteiger partial charge on any atom is -0.480 e. The lowest BCUT2D eigenvalue weighted by Gasteiger charge is -2.30. The lowest BCUT2D eigenvalue weighted by molar-refractivity contribution is -0.142. The number of carbonyl (C=O) groups is 5. The molecule has 0 spiro atoms. The summed E-state index contributed by atoms with van der Waals surface area (Å²) in [4.78, 5) is 62.0. The third-order valence-corrected chi connectivity index (χ3v) is 5.83. The maximum Gasteiger partial charge on any atom is 0.327 e. The van der Waals surface area contributed by atoms with Crippen LogP contribution < -0.4 is 27.0 Å². The molecule has 0 heterocycles. The number of carbonyl (C=O) groups excluding carboxylic acids is 4. The molecule has 0 unspecified atom stereocenters. The summed E-state index contributed by atoms with van der Waals surface area (Å²) in [6.07, 6.45) is 0. The van der Waals surface area contributed by atoms with Crippen LogP contribution in [-0.2, 0) is 24.0 Å². The molecule has 0 aromatic rings. The Labute approximate surface area is 211 Å². The highest BCUT2D eigenvalue weighted by Crippen LogP contribution is 2.09. The number of carboxylic acids is 1. The molecule has 0 fully saturated rings. The second-order valence-corrected chi connectivity index (χ2v) is 9.79. The van der Waals surface area contributed by atoms with Crippen LogP contribution in [0.3, 0.4) is 0 Å². The summed E-state index contributed by atoms with van der Waals surface area (Å²) in [6, 6.07) is -5.10. The average molecular weight is 522 g/mol. The number of hydrogen-bond donors (Lipinski definition) is 8. The van der Waals surface area contributed by atoms with Gasteiger partial charge >= 0.3 is 5.97 Å². The van der Waals surface area contributed by atoms with E-state index in [0.717, 1.165) is 0 Å². The average Bonchev–Trinajstić information content (AvgIpc) is 2.75. The predicted octanol–water partition coefficient (Wildman–Crippen LogP) is -0.835. The van der Waals surface area contributed by atoms with Gasteiger partial charge in [-0.15, -0.1) is 0 Å². The van der Waals surface area contributed by atoms with Crippen LogP contribution in [0.5, 0.6) is 0 Å². The number of thiol groups is 2. The predicted molar refractivity (Wildman–Crippen MR) is 136 cm³/mol. The van der Waals surface area contributed by atoms with Crippen LogP contribution in [0.15, 0.2) is 0 Å². The van der Waals surface area contributed by atoms with Crippen LogP contribution in [0.1, 0.15) is 41.5 Å². The summed E-state index contributed by atoms with van der Waals surface area (Å²) < 4.78 is 0. The molecule has 13 heteroatoms. The van der Waals surface area contributed by atoms with Gasteiger partial charge in [0.25, 0.3) is 0 Å². The zero-order valence-electron chi connectivity index (χ0n) is 20.5. The molecule has 0 rings (SSSR count). The number of aliphatic carboxylic acids is 1. The lowest BCUT2D eigenvalue weighted by Crippen LogP contribution is -2.61. The molecule has 0 radical (unpaired) electrons. The minimum absolute atomic E-state index is 0.101. The number of nitrogens with one attached hydrogen (secondary N) is 4. The van der Waals surface area contributed by atoms with Crippen molar-refractivity contribution in [1.82, 2.24) is 21.3 Å². The Bertz CT molecular complexity index is 734. The molecule has 0 saturated carbocycles. The summed E-state index contributed by atoms with van der Waals surface area (Å²) in [5.74, 6) is -4.69. The first kappa shape index (κ1) is 32.0. The molecular weight excluding hydrogens is 482 g/mol. The van der Waals surface area contributed by atoms with E-state index in [1.165, 1.54) is 0 Å². The third kappa shape index (κ3) is 10.1. The molecule has 7 N–H and O–H groups in total. The van der Waals surface area contributed by atoms with Gasteiger partial charge in [-0.3, -0.25) is 19.2 Å². The zero-order valence-corrected chi connectivity index (χ0v) is 22.3. The Balaban J connectivity index is 5.55. The van der Waals surface area contributed by atoms with Gasteiger partial charge in [-0.05, 0) is 17.8 Å². The van der Waals surface area contributed by atoms with Gasteiger partial charge in [0.1, 0.15) is 24.2 Å². The van der Waals surface area contributed by atoms with E-state index < -0.39 is 59.8 Å². The van der Waals surface area contributed by atoms with Crippen LogP contribution in [0.2, 0.25) is 0 Å². The van der Waals surface area contributed by atoms with Crippen molar-refractivity contribution < 1.29 is 29.1 Å². The van der Waals surface area contributed by atoms with Crippen molar-refractivity contribution in [2.45, 2.75) is 71.8 Å². The van der Waals surface area contributed by atoms with Crippen LogP contribution in [0, 0.1) is 17.8 Å². The van der Waals surface area contributed by atoms with Crippen LogP contribution >= 0.6 is 25.3 Å². The second-order valence-electron chi connectivity index (χ2n) is 9.06. The van der Waals surface area contributed by atoms with Gasteiger partial charge < -0.3 is 32.1 Å². The fourth-order valence-corrected chi connectivity index (χ4v) is 3.29. The molecule has 0 aromatic heterocycles. The van der Waals surface area contributed by atoms with E-state index in [2.05, 4.69) is 46.5 Å². The van der Waals surface area contributed by atoms with Crippen LogP contribution in [0.4, 0.5) is 0 Å². The van der Waals surface area contributed by atoms with Gasteiger partial charge in [0.15, 0.2) is 0 Å². The molecular formula is C21H39N5O6S2. The largest absolute Gasteiger partial charge is 0.480 e. The van der Waals surface area contributed by atoms with E-state index in [1.54, 1.807) is 41.5 Å². The lowest BCUT2D eigenvalue weighted by atomic mass is 9.97. The van der Waals surface area contributed by atoms with E-state index in [0.29, 0.717) is 0 Å². The number of carboxylic acid groups (broad SMARTS) is 1. The van der Waals surface area contributed by atoms with Crippen molar-refractivity contribution >= 4 is 54.9 Å². The van der Waals surface area contributed by atoms with E-state index in [4.69, 9.17) is 10.8 Å². The molecule has 0 aliphatic heterocycles. The third-order valence-electron chi connectivity index (χ3n) is 5.07. The summed E-state index contributed by atoms with van der Waals surface area (Å²) in [5.41, 5.74) is 5.67. The highest BCUT2D eigenvalue weighted by molar-refractivity contribution is 7.80. The molecule has 4 amide bonds. The Morgan fingerprint density at radius 3 is 1.24 bits per heavy atom. The van der Waals surface area contributed by atoms with Gasteiger partial charge in [0, 0.05) is 11.5 Å². The molecule has 0 aliphatic carbocycles. The highest BCUT2D eigenvalue weighted by Gasteiger charge is 2.34. The molecule has 196 valence electrons. The van der Waals surface area contributed by atoms with E-state index in [-0.39, 0.29) is 29.3 Å². The molecule has 0 aliphatic rings. The molecule has 0 bridgehead atoms. The van der Waals surface area contributed by atoms with Gasteiger partial charge in [-0.25, -0.2) is 4.79 Å².